The molecule has 0 unspecified atom stereocenters. The van der Waals surface area contributed by atoms with Gasteiger partial charge in [-0.1, -0.05) is 0 Å². The fourth-order valence-electron chi connectivity index (χ4n) is 1.54. The van der Waals surface area contributed by atoms with Gasteiger partial charge in [0.05, 0.1) is 12.2 Å². The van der Waals surface area contributed by atoms with E-state index in [1.54, 1.807) is 7.05 Å². The number of hydrogen-bond acceptors (Lipinski definition) is 4. The van der Waals surface area contributed by atoms with Crippen LogP contribution < -0.4 is 10.0 Å². The molecule has 0 spiro atoms. The first-order chi connectivity index (χ1) is 9.42. The number of anilines is 1. The van der Waals surface area contributed by atoms with E-state index < -0.39 is 21.7 Å². The minimum absolute atomic E-state index is 0.0875. The third-order valence-electron chi connectivity index (χ3n) is 2.42. The van der Waals surface area contributed by atoms with Gasteiger partial charge in [0.1, 0.15) is 5.76 Å². The van der Waals surface area contributed by atoms with Gasteiger partial charge >= 0.3 is 0 Å². The van der Waals surface area contributed by atoms with Crippen molar-refractivity contribution in [2.75, 3.05) is 11.8 Å². The van der Waals surface area contributed by atoms with Gasteiger partial charge in [0, 0.05) is 6.07 Å². The average molecular weight is 302 g/mol. The van der Waals surface area contributed by atoms with Crippen LogP contribution in [0.1, 0.15) is 5.76 Å². The molecule has 0 aliphatic heterocycles. The first-order valence-corrected chi connectivity index (χ1v) is 7.12. The summed E-state index contributed by atoms with van der Waals surface area (Å²) in [7, 11) is -2.28. The summed E-state index contributed by atoms with van der Waals surface area (Å²) in [5, 5.41) is 2.51. The van der Waals surface area contributed by atoms with Crippen LogP contribution in [0.3, 0.4) is 0 Å². The number of benzene rings is 1. The molecular weight excluding hydrogens is 290 g/mol. The molecule has 0 fully saturated rings. The van der Waals surface area contributed by atoms with Gasteiger partial charge in [0.25, 0.3) is 10.0 Å². The highest BCUT2D eigenvalue weighted by Crippen LogP contribution is 2.20. The number of halogens is 2. The molecule has 0 atom stereocenters. The SMILES string of the molecule is CNCc1ccc(S(=O)(=O)Nc2ccc(F)c(F)c2)o1. The van der Waals surface area contributed by atoms with E-state index in [4.69, 9.17) is 4.42 Å². The largest absolute Gasteiger partial charge is 0.446 e. The molecule has 0 saturated carbocycles. The van der Waals surface area contributed by atoms with Gasteiger partial charge in [0.2, 0.25) is 5.09 Å². The van der Waals surface area contributed by atoms with Crippen LogP contribution in [0.15, 0.2) is 39.8 Å². The molecule has 1 aromatic heterocycles. The highest BCUT2D eigenvalue weighted by molar-refractivity contribution is 7.92. The van der Waals surface area contributed by atoms with Crippen LogP contribution in [-0.2, 0) is 16.6 Å². The lowest BCUT2D eigenvalue weighted by Crippen LogP contribution is -2.12. The Hall–Kier alpha value is -1.93. The van der Waals surface area contributed by atoms with Crippen molar-refractivity contribution in [3.63, 3.8) is 0 Å². The Kier molecular flexibility index (Phi) is 4.05. The molecule has 1 heterocycles. The molecule has 2 N–H and O–H groups in total. The second kappa shape index (κ2) is 5.59. The van der Waals surface area contributed by atoms with Crippen molar-refractivity contribution in [1.29, 1.82) is 0 Å². The van der Waals surface area contributed by atoms with E-state index >= 15 is 0 Å². The zero-order chi connectivity index (χ0) is 14.8. The van der Waals surface area contributed by atoms with Crippen molar-refractivity contribution >= 4 is 15.7 Å². The van der Waals surface area contributed by atoms with Crippen molar-refractivity contribution in [2.45, 2.75) is 11.6 Å². The molecule has 0 aliphatic carbocycles. The summed E-state index contributed by atoms with van der Waals surface area (Å²) in [6.07, 6.45) is 0. The molecule has 8 heteroatoms. The van der Waals surface area contributed by atoms with Crippen molar-refractivity contribution in [2.24, 2.45) is 0 Å². The molecule has 0 saturated heterocycles. The minimum atomic E-state index is -3.97. The molecule has 2 aromatic rings. The second-order valence-electron chi connectivity index (χ2n) is 3.99. The highest BCUT2D eigenvalue weighted by Gasteiger charge is 2.19. The third-order valence-corrected chi connectivity index (χ3v) is 3.68. The molecule has 0 aliphatic rings. The Morgan fingerprint density at radius 3 is 2.55 bits per heavy atom. The lowest BCUT2D eigenvalue weighted by Gasteiger charge is -2.06. The average Bonchev–Trinajstić information content (AvgIpc) is 2.83. The van der Waals surface area contributed by atoms with Crippen LogP contribution in [0.4, 0.5) is 14.5 Å². The number of nitrogens with one attached hydrogen (secondary N) is 2. The number of rotatable bonds is 5. The first-order valence-electron chi connectivity index (χ1n) is 5.63. The Balaban J connectivity index is 2.23. The first kappa shape index (κ1) is 14.5. The number of hydrogen-bond donors (Lipinski definition) is 2. The van der Waals surface area contributed by atoms with E-state index in [1.807, 2.05) is 0 Å². The van der Waals surface area contributed by atoms with Crippen LogP contribution >= 0.6 is 0 Å². The summed E-state index contributed by atoms with van der Waals surface area (Å²) in [5.41, 5.74) is -0.0875. The highest BCUT2D eigenvalue weighted by atomic mass is 32.2. The predicted molar refractivity (Wildman–Crippen MR) is 68.6 cm³/mol. The van der Waals surface area contributed by atoms with Crippen LogP contribution in [0.2, 0.25) is 0 Å². The summed E-state index contributed by atoms with van der Waals surface area (Å²) in [5.74, 6) is -1.75. The van der Waals surface area contributed by atoms with E-state index in [1.165, 1.54) is 12.1 Å². The van der Waals surface area contributed by atoms with Gasteiger partial charge in [-0.2, -0.15) is 8.42 Å². The van der Waals surface area contributed by atoms with Crippen molar-refractivity contribution < 1.29 is 21.6 Å². The molecule has 5 nitrogen and oxygen atoms in total. The number of sulfonamides is 1. The second-order valence-corrected chi connectivity index (χ2v) is 5.60. The normalized spacial score (nSPS) is 11.6. The van der Waals surface area contributed by atoms with E-state index in [9.17, 15) is 17.2 Å². The van der Waals surface area contributed by atoms with Crippen molar-refractivity contribution in [3.8, 4) is 0 Å². The topological polar surface area (TPSA) is 71.3 Å². The maximum atomic E-state index is 13.0. The van der Waals surface area contributed by atoms with Crippen LogP contribution in [0, 0.1) is 11.6 Å². The van der Waals surface area contributed by atoms with Gasteiger partial charge in [-0.05, 0) is 31.3 Å². The zero-order valence-corrected chi connectivity index (χ0v) is 11.3. The summed E-state index contributed by atoms with van der Waals surface area (Å²) in [6.45, 7) is 0.376. The molecule has 20 heavy (non-hydrogen) atoms. The fraction of sp³-hybridized carbons (Fsp3) is 0.167. The Bertz CT molecular complexity index is 713. The minimum Gasteiger partial charge on any atom is -0.446 e. The molecule has 2 rings (SSSR count). The summed E-state index contributed by atoms with van der Waals surface area (Å²) in [4.78, 5) is 0. The Labute approximate surface area is 114 Å². The van der Waals surface area contributed by atoms with Crippen molar-refractivity contribution in [3.05, 3.63) is 47.7 Å². The Morgan fingerprint density at radius 2 is 1.90 bits per heavy atom. The standard InChI is InChI=1S/C12H12F2N2O3S/c1-15-7-9-3-5-12(19-9)20(17,18)16-8-2-4-10(13)11(14)6-8/h2-6,15-16H,7H2,1H3. The van der Waals surface area contributed by atoms with Gasteiger partial charge in [0.15, 0.2) is 11.6 Å². The fourth-order valence-corrected chi connectivity index (χ4v) is 2.54. The molecule has 108 valence electrons. The molecule has 0 bridgehead atoms. The van der Waals surface area contributed by atoms with Crippen LogP contribution in [0.5, 0.6) is 0 Å². The zero-order valence-electron chi connectivity index (χ0n) is 10.5. The lowest BCUT2D eigenvalue weighted by atomic mass is 10.3. The predicted octanol–water partition coefficient (Wildman–Crippen LogP) is 2.08. The van der Waals surface area contributed by atoms with Crippen LogP contribution in [-0.4, -0.2) is 15.5 Å². The van der Waals surface area contributed by atoms with E-state index in [-0.39, 0.29) is 10.8 Å². The lowest BCUT2D eigenvalue weighted by molar-refractivity contribution is 0.408. The van der Waals surface area contributed by atoms with E-state index in [0.717, 1.165) is 18.2 Å². The van der Waals surface area contributed by atoms with Crippen LogP contribution in [0.25, 0.3) is 0 Å². The third kappa shape index (κ3) is 3.14. The summed E-state index contributed by atoms with van der Waals surface area (Å²) >= 11 is 0. The van der Waals surface area contributed by atoms with Gasteiger partial charge < -0.3 is 9.73 Å². The van der Waals surface area contributed by atoms with E-state index in [2.05, 4.69) is 10.0 Å². The monoisotopic (exact) mass is 302 g/mol. The van der Waals surface area contributed by atoms with Gasteiger partial charge in [-0.25, -0.2) is 8.78 Å². The molecule has 0 radical (unpaired) electrons. The smallest absolute Gasteiger partial charge is 0.295 e. The molecular formula is C12H12F2N2O3S. The summed E-state index contributed by atoms with van der Waals surface area (Å²) in [6, 6.07) is 5.50. The molecule has 1 aromatic carbocycles. The maximum absolute atomic E-state index is 13.0. The maximum Gasteiger partial charge on any atom is 0.295 e. The van der Waals surface area contributed by atoms with E-state index in [0.29, 0.717) is 12.3 Å². The summed E-state index contributed by atoms with van der Waals surface area (Å²) < 4.78 is 57.0. The van der Waals surface area contributed by atoms with Gasteiger partial charge in [-0.15, -0.1) is 0 Å². The Morgan fingerprint density at radius 1 is 1.15 bits per heavy atom. The molecule has 0 amide bonds. The number of furan rings is 1. The van der Waals surface area contributed by atoms with Gasteiger partial charge in [-0.3, -0.25) is 4.72 Å². The van der Waals surface area contributed by atoms with Crippen molar-refractivity contribution in [1.82, 2.24) is 5.32 Å². The quantitative estimate of drug-likeness (QED) is 0.887.